The van der Waals surface area contributed by atoms with Crippen LogP contribution in [-0.4, -0.2) is 59.3 Å². The molecule has 0 fully saturated rings. The third kappa shape index (κ3) is 29.3. The summed E-state index contributed by atoms with van der Waals surface area (Å²) in [6, 6.07) is -1.38. The van der Waals surface area contributed by atoms with E-state index >= 15 is 0 Å². The molecule has 0 aromatic heterocycles. The smallest absolute Gasteiger partial charge is 0.328 e. The van der Waals surface area contributed by atoms with Crippen molar-refractivity contribution in [2.75, 3.05) is 13.2 Å². The Morgan fingerprint density at radius 3 is 1.41 bits per heavy atom. The van der Waals surface area contributed by atoms with Crippen LogP contribution >= 0.6 is 0 Å². The molecule has 0 radical (unpaired) electrons. The maximum Gasteiger partial charge on any atom is 0.328 e. The number of aliphatic carboxylic acids is 1. The predicted molar refractivity (Wildman–Crippen MR) is 186 cm³/mol. The van der Waals surface area contributed by atoms with E-state index in [9.17, 15) is 19.2 Å². The van der Waals surface area contributed by atoms with E-state index in [4.69, 9.17) is 14.9 Å². The topological polar surface area (TPSA) is 142 Å². The van der Waals surface area contributed by atoms with Crippen LogP contribution in [0.15, 0.2) is 0 Å². The van der Waals surface area contributed by atoms with E-state index < -0.39 is 24.5 Å². The number of rotatable bonds is 34. The third-order valence-electron chi connectivity index (χ3n) is 8.60. The zero-order valence-electron chi connectivity index (χ0n) is 29.6. The molecule has 2 unspecified atom stereocenters. The van der Waals surface area contributed by atoms with E-state index in [1.807, 2.05) is 0 Å². The number of aliphatic hydroxyl groups is 1. The Morgan fingerprint density at radius 1 is 0.565 bits per heavy atom. The molecule has 2 atom stereocenters. The molecule has 0 aliphatic heterocycles. The minimum absolute atomic E-state index is 0.0315. The van der Waals surface area contributed by atoms with Crippen molar-refractivity contribution in [3.63, 3.8) is 0 Å². The van der Waals surface area contributed by atoms with Gasteiger partial charge in [0.25, 0.3) is 0 Å². The van der Waals surface area contributed by atoms with Gasteiger partial charge in [-0.1, -0.05) is 136 Å². The summed E-state index contributed by atoms with van der Waals surface area (Å²) < 4.78 is 5.94. The Bertz CT molecular complexity index is 762. The van der Waals surface area contributed by atoms with Gasteiger partial charge in [0.15, 0.2) is 0 Å². The van der Waals surface area contributed by atoms with Crippen LogP contribution in [0.25, 0.3) is 0 Å². The zero-order chi connectivity index (χ0) is 34.1. The Labute approximate surface area is 280 Å². The van der Waals surface area contributed by atoms with Gasteiger partial charge in [-0.05, 0) is 38.5 Å². The number of amides is 2. The number of carbonyl (C=O) groups excluding carboxylic acids is 3. The average molecular weight is 655 g/mol. The molecule has 0 bridgehead atoms. The van der Waals surface area contributed by atoms with Crippen LogP contribution in [0, 0.1) is 0 Å². The second kappa shape index (κ2) is 32.8. The lowest BCUT2D eigenvalue weighted by Gasteiger charge is -2.18. The number of carboxylic acid groups (broad SMARTS) is 1. The van der Waals surface area contributed by atoms with Crippen molar-refractivity contribution < 1.29 is 34.1 Å². The lowest BCUT2D eigenvalue weighted by molar-refractivity contribution is -0.150. The number of carbonyl (C=O) groups is 4. The monoisotopic (exact) mass is 655 g/mol. The Kier molecular flexibility index (Phi) is 31.2. The van der Waals surface area contributed by atoms with Crippen molar-refractivity contribution in [1.82, 2.24) is 10.6 Å². The molecule has 0 heterocycles. The first-order valence-corrected chi connectivity index (χ1v) is 18.9. The standard InChI is InChI=1S/C37H70N2O7/c1-3-5-7-9-11-12-13-14-15-16-17-19-25-29-36(43)46-32(26-22-18-10-8-6-4-2)27-23-20-21-24-28-34(41)38-30-35(42)39-33(31-40)37(44)45/h32-33,40H,3-31H2,1-2H3,(H,38,41)(H,39,42)(H,44,45). The van der Waals surface area contributed by atoms with E-state index in [0.29, 0.717) is 12.8 Å². The Balaban J connectivity index is 4.14. The van der Waals surface area contributed by atoms with E-state index in [0.717, 1.165) is 51.4 Å². The Hall–Kier alpha value is -2.16. The summed E-state index contributed by atoms with van der Waals surface area (Å²) in [7, 11) is 0. The summed E-state index contributed by atoms with van der Waals surface area (Å²) >= 11 is 0. The molecular formula is C37H70N2O7. The quantitative estimate of drug-likeness (QED) is 0.0405. The van der Waals surface area contributed by atoms with Gasteiger partial charge in [0.2, 0.25) is 11.8 Å². The molecule has 0 rings (SSSR count). The summed E-state index contributed by atoms with van der Waals surface area (Å²) in [4.78, 5) is 47.3. The molecule has 4 N–H and O–H groups in total. The molecule has 0 aliphatic carbocycles. The van der Waals surface area contributed by atoms with Crippen molar-refractivity contribution >= 4 is 23.8 Å². The fraction of sp³-hybridized carbons (Fsp3) is 0.892. The first-order chi connectivity index (χ1) is 22.3. The van der Waals surface area contributed by atoms with E-state index in [2.05, 4.69) is 24.5 Å². The first kappa shape index (κ1) is 43.8. The summed E-state index contributed by atoms with van der Waals surface area (Å²) in [5, 5.41) is 22.5. The summed E-state index contributed by atoms with van der Waals surface area (Å²) in [6.07, 6.45) is 29.9. The number of aliphatic hydroxyl groups excluding tert-OH is 1. The average Bonchev–Trinajstić information content (AvgIpc) is 3.03. The van der Waals surface area contributed by atoms with Crippen LogP contribution in [0.3, 0.4) is 0 Å². The molecular weight excluding hydrogens is 584 g/mol. The van der Waals surface area contributed by atoms with Crippen LogP contribution in [-0.2, 0) is 23.9 Å². The minimum atomic E-state index is -1.38. The highest BCUT2D eigenvalue weighted by molar-refractivity contribution is 5.87. The number of hydrogen-bond acceptors (Lipinski definition) is 6. The fourth-order valence-corrected chi connectivity index (χ4v) is 5.66. The predicted octanol–water partition coefficient (Wildman–Crippen LogP) is 8.15. The summed E-state index contributed by atoms with van der Waals surface area (Å²) in [6.45, 7) is 3.44. The molecule has 0 aromatic carbocycles. The normalized spacial score (nSPS) is 12.4. The van der Waals surface area contributed by atoms with Crippen molar-refractivity contribution in [3.05, 3.63) is 0 Å². The van der Waals surface area contributed by atoms with Gasteiger partial charge in [-0.15, -0.1) is 0 Å². The molecule has 46 heavy (non-hydrogen) atoms. The van der Waals surface area contributed by atoms with Crippen molar-refractivity contribution in [1.29, 1.82) is 0 Å². The summed E-state index contributed by atoms with van der Waals surface area (Å²) in [5.41, 5.74) is 0. The van der Waals surface area contributed by atoms with Crippen LogP contribution in [0.5, 0.6) is 0 Å². The maximum absolute atomic E-state index is 12.6. The van der Waals surface area contributed by atoms with Gasteiger partial charge in [-0.25, -0.2) is 4.79 Å². The molecule has 0 aromatic rings. The molecule has 0 saturated heterocycles. The molecule has 0 saturated carbocycles. The fourth-order valence-electron chi connectivity index (χ4n) is 5.66. The number of esters is 1. The van der Waals surface area contributed by atoms with Gasteiger partial charge in [-0.3, -0.25) is 14.4 Å². The lowest BCUT2D eigenvalue weighted by Crippen LogP contribution is -2.47. The minimum Gasteiger partial charge on any atom is -0.480 e. The van der Waals surface area contributed by atoms with E-state index in [1.165, 1.54) is 103 Å². The number of nitrogens with one attached hydrogen (secondary N) is 2. The number of unbranched alkanes of at least 4 members (excludes halogenated alkanes) is 20. The number of carboxylic acids is 1. The highest BCUT2D eigenvalue weighted by atomic mass is 16.5. The van der Waals surface area contributed by atoms with Gasteiger partial charge < -0.3 is 25.6 Å². The molecule has 2 amide bonds. The second-order valence-corrected chi connectivity index (χ2v) is 13.0. The van der Waals surface area contributed by atoms with Gasteiger partial charge in [0.05, 0.1) is 13.2 Å². The molecule has 270 valence electrons. The van der Waals surface area contributed by atoms with Crippen molar-refractivity contribution in [2.45, 2.75) is 199 Å². The number of ether oxygens (including phenoxy) is 1. The van der Waals surface area contributed by atoms with Gasteiger partial charge >= 0.3 is 11.9 Å². The molecule has 0 spiro atoms. The van der Waals surface area contributed by atoms with Crippen molar-refractivity contribution in [2.24, 2.45) is 0 Å². The SMILES string of the molecule is CCCCCCCCCCCCCCCC(=O)OC(CCCCCCCC)CCCCCCC(=O)NCC(=O)NC(CO)C(=O)O. The van der Waals surface area contributed by atoms with E-state index in [-0.39, 0.29) is 30.9 Å². The third-order valence-corrected chi connectivity index (χ3v) is 8.60. The highest BCUT2D eigenvalue weighted by Crippen LogP contribution is 2.18. The lowest BCUT2D eigenvalue weighted by atomic mass is 10.0. The van der Waals surface area contributed by atoms with Gasteiger partial charge in [0, 0.05) is 12.8 Å². The maximum atomic E-state index is 12.6. The van der Waals surface area contributed by atoms with Crippen LogP contribution in [0.2, 0.25) is 0 Å². The molecule has 9 nitrogen and oxygen atoms in total. The van der Waals surface area contributed by atoms with Gasteiger partial charge in [0.1, 0.15) is 12.1 Å². The molecule has 0 aliphatic rings. The zero-order valence-corrected chi connectivity index (χ0v) is 29.6. The van der Waals surface area contributed by atoms with Gasteiger partial charge in [-0.2, -0.15) is 0 Å². The Morgan fingerprint density at radius 2 is 0.978 bits per heavy atom. The molecule has 9 heteroatoms. The second-order valence-electron chi connectivity index (χ2n) is 13.0. The first-order valence-electron chi connectivity index (χ1n) is 18.9. The summed E-state index contributed by atoms with van der Waals surface area (Å²) in [5.74, 6) is -2.32. The largest absolute Gasteiger partial charge is 0.480 e. The van der Waals surface area contributed by atoms with Crippen LogP contribution in [0.1, 0.15) is 187 Å². The highest BCUT2D eigenvalue weighted by Gasteiger charge is 2.19. The van der Waals surface area contributed by atoms with E-state index in [1.54, 1.807) is 0 Å². The van der Waals surface area contributed by atoms with Crippen LogP contribution in [0.4, 0.5) is 0 Å². The number of hydrogen-bond donors (Lipinski definition) is 4. The van der Waals surface area contributed by atoms with Crippen molar-refractivity contribution in [3.8, 4) is 0 Å². The van der Waals surface area contributed by atoms with Crippen LogP contribution < -0.4 is 10.6 Å².